The predicted molar refractivity (Wildman–Crippen MR) is 280 cm³/mol. The fourth-order valence-corrected chi connectivity index (χ4v) is 13.8. The van der Waals surface area contributed by atoms with Crippen LogP contribution in [0.4, 0.5) is 0 Å². The van der Waals surface area contributed by atoms with E-state index < -0.39 is 80.1 Å². The maximum Gasteiger partial charge on any atom is 0.296 e. The van der Waals surface area contributed by atoms with Gasteiger partial charge in [0.15, 0.2) is 0 Å². The van der Waals surface area contributed by atoms with Crippen molar-refractivity contribution in [1.29, 1.82) is 0 Å². The molecule has 0 aliphatic carbocycles. The van der Waals surface area contributed by atoms with Crippen molar-refractivity contribution in [1.82, 2.24) is 19.9 Å². The zero-order valence-corrected chi connectivity index (χ0v) is 44.2. The highest BCUT2D eigenvalue weighted by Gasteiger charge is 2.30. The zero-order valence-electron chi connectivity index (χ0n) is 34.8. The van der Waals surface area contributed by atoms with Gasteiger partial charge in [-0.2, -0.15) is 33.7 Å². The SMILES string of the molecule is O=S(=O)(O)c1ccc(Cl)c(-c2c3nc(c(-c4c(Cl)ccc(S(=O)(=O)O)c4Cl)c4ccc([nH]4)c(-c4c(Cl)ccc(S(=O)(=O)O)c4Cl)c4nc(c(-c5c(Cl)ccc(S(=O)(=O)O)c5Cl)c5ccc2[nH]5)C=C4)C=C3)c1Cl. The van der Waals surface area contributed by atoms with Gasteiger partial charge in [-0.3, -0.25) is 18.2 Å². The minimum Gasteiger partial charge on any atom is -0.354 e. The van der Waals surface area contributed by atoms with Gasteiger partial charge in [0.25, 0.3) is 40.5 Å². The molecular formula is C44H22Cl8N4O12S4. The summed E-state index contributed by atoms with van der Waals surface area (Å²) < 4.78 is 143. The van der Waals surface area contributed by atoms with Crippen LogP contribution in [0.2, 0.25) is 40.2 Å². The molecule has 6 N–H and O–H groups in total. The van der Waals surface area contributed by atoms with E-state index in [2.05, 4.69) is 9.97 Å². The molecule has 0 radical (unpaired) electrons. The molecule has 0 spiro atoms. The lowest BCUT2D eigenvalue weighted by molar-refractivity contribution is 0.481. The largest absolute Gasteiger partial charge is 0.354 e. The van der Waals surface area contributed by atoms with Crippen LogP contribution in [-0.4, -0.2) is 71.8 Å². The number of aromatic nitrogens is 4. The molecule has 5 heterocycles. The molecule has 0 atom stereocenters. The van der Waals surface area contributed by atoms with Crippen molar-refractivity contribution < 1.29 is 51.9 Å². The van der Waals surface area contributed by atoms with Crippen molar-refractivity contribution in [2.45, 2.75) is 19.6 Å². The summed E-state index contributed by atoms with van der Waals surface area (Å²) in [5.41, 5.74) is -1.03. The summed E-state index contributed by atoms with van der Waals surface area (Å²) in [6.45, 7) is 0. The summed E-state index contributed by atoms with van der Waals surface area (Å²) in [5, 5.41) is -2.96. The molecule has 7 aromatic rings. The second-order valence-corrected chi connectivity index (χ2v) is 24.0. The first kappa shape index (κ1) is 52.3. The predicted octanol–water partition coefficient (Wildman–Crippen LogP) is 13.5. The van der Waals surface area contributed by atoms with Gasteiger partial charge < -0.3 is 9.97 Å². The van der Waals surface area contributed by atoms with Crippen LogP contribution in [0.15, 0.2) is 92.4 Å². The molecule has 0 unspecified atom stereocenters. The molecule has 370 valence electrons. The molecule has 28 heteroatoms. The molecule has 72 heavy (non-hydrogen) atoms. The lowest BCUT2D eigenvalue weighted by Crippen LogP contribution is -2.01. The Balaban J connectivity index is 1.59. The Hall–Kier alpha value is -4.56. The van der Waals surface area contributed by atoms with Crippen molar-refractivity contribution in [2.75, 3.05) is 0 Å². The fourth-order valence-electron chi connectivity index (χ4n) is 8.10. The highest BCUT2D eigenvalue weighted by atomic mass is 35.5. The Kier molecular flexibility index (Phi) is 13.6. The van der Waals surface area contributed by atoms with Gasteiger partial charge in [0, 0.05) is 66.6 Å². The molecule has 9 rings (SSSR count). The first-order valence-corrected chi connectivity index (χ1v) is 28.4. The van der Waals surface area contributed by atoms with Crippen molar-refractivity contribution in [2.24, 2.45) is 0 Å². The van der Waals surface area contributed by atoms with Gasteiger partial charge in [0.05, 0.1) is 63.0 Å². The fraction of sp³-hybridized carbons (Fsp3) is 0. The maximum absolute atomic E-state index is 12.7. The Morgan fingerprint density at radius 1 is 0.306 bits per heavy atom. The zero-order chi connectivity index (χ0) is 52.3. The minimum absolute atomic E-state index is 0.0430. The molecule has 2 aliphatic rings. The lowest BCUT2D eigenvalue weighted by Gasteiger charge is -2.13. The van der Waals surface area contributed by atoms with E-state index in [9.17, 15) is 51.9 Å². The first-order valence-electron chi connectivity index (χ1n) is 19.6. The number of nitrogens with one attached hydrogen (secondary N) is 2. The number of hydrogen-bond donors (Lipinski definition) is 6. The van der Waals surface area contributed by atoms with E-state index in [-0.39, 0.29) is 109 Å². The third kappa shape index (κ3) is 9.25. The van der Waals surface area contributed by atoms with Gasteiger partial charge in [-0.25, -0.2) is 9.97 Å². The number of benzene rings is 4. The van der Waals surface area contributed by atoms with E-state index in [0.29, 0.717) is 0 Å². The van der Waals surface area contributed by atoms with Gasteiger partial charge in [-0.05, 0) is 97.1 Å². The van der Waals surface area contributed by atoms with E-state index in [1.165, 1.54) is 48.6 Å². The molecule has 2 aliphatic heterocycles. The average molecular weight is 1210 g/mol. The summed E-state index contributed by atoms with van der Waals surface area (Å²) in [6.07, 6.45) is 5.69. The molecule has 16 nitrogen and oxygen atoms in total. The molecule has 8 bridgehead atoms. The highest BCUT2D eigenvalue weighted by molar-refractivity contribution is 7.86. The van der Waals surface area contributed by atoms with Crippen LogP contribution in [0.3, 0.4) is 0 Å². The molecule has 0 saturated heterocycles. The Morgan fingerprint density at radius 2 is 0.500 bits per heavy atom. The standard InChI is InChI=1S/C44H22Cl8N4O12S4/c45-17-1-13-29(69(57,58)59)41(49)33(17)37-21-5-7-23(53-21)38(34-18(46)2-14-30(42(34)50)70(60,61)62)25-9-11-27(55-25)40(36-20(48)4-16-32(44(36)52)72(66,67)68)28-12-10-26(56-28)39(24-8-6-22(37)54-24)35-19(47)3-15-31(43(35)51)71(63,64)65/h1-16,53,56H,(H,57,58,59)(H,60,61,62)(H,63,64,65)(H,66,67,68). The van der Waals surface area contributed by atoms with Crippen molar-refractivity contribution in [3.8, 4) is 44.5 Å². The number of rotatable bonds is 8. The summed E-state index contributed by atoms with van der Waals surface area (Å²) in [6, 6.07) is 14.2. The first-order chi connectivity index (χ1) is 33.6. The van der Waals surface area contributed by atoms with E-state index in [4.69, 9.17) is 103 Å². The third-order valence-corrected chi connectivity index (χ3v) is 18.0. The van der Waals surface area contributed by atoms with E-state index >= 15 is 0 Å². The molecule has 0 fully saturated rings. The van der Waals surface area contributed by atoms with Gasteiger partial charge in [0.1, 0.15) is 19.6 Å². The Morgan fingerprint density at radius 3 is 0.681 bits per heavy atom. The maximum atomic E-state index is 12.7. The number of nitrogens with zero attached hydrogens (tertiary/aromatic N) is 2. The van der Waals surface area contributed by atoms with Gasteiger partial charge in [-0.15, -0.1) is 0 Å². The monoisotopic (exact) mass is 1210 g/mol. The molecule has 4 aromatic carbocycles. The van der Waals surface area contributed by atoms with Gasteiger partial charge >= 0.3 is 0 Å². The smallest absolute Gasteiger partial charge is 0.296 e. The highest BCUT2D eigenvalue weighted by Crippen LogP contribution is 2.49. The van der Waals surface area contributed by atoms with Crippen LogP contribution < -0.4 is 0 Å². The topological polar surface area (TPSA) is 275 Å². The third-order valence-electron chi connectivity index (χ3n) is 11.1. The van der Waals surface area contributed by atoms with Crippen molar-refractivity contribution in [3.05, 3.63) is 136 Å². The summed E-state index contributed by atoms with van der Waals surface area (Å²) in [7, 11) is -20.1. The Labute approximate surface area is 447 Å². The van der Waals surface area contributed by atoms with Crippen molar-refractivity contribution in [3.63, 3.8) is 0 Å². The second kappa shape index (κ2) is 18.7. The van der Waals surface area contributed by atoms with E-state index in [1.54, 1.807) is 0 Å². The quantitative estimate of drug-likeness (QED) is 0.0772. The summed E-state index contributed by atoms with van der Waals surface area (Å²) in [5.74, 6) is 0. The van der Waals surface area contributed by atoms with Crippen LogP contribution in [0.25, 0.3) is 90.9 Å². The number of aromatic amines is 2. The summed E-state index contributed by atoms with van der Waals surface area (Å²) >= 11 is 54.7. The molecule has 0 amide bonds. The number of hydrogen-bond acceptors (Lipinski definition) is 10. The van der Waals surface area contributed by atoms with Gasteiger partial charge in [-0.1, -0.05) is 92.8 Å². The lowest BCUT2D eigenvalue weighted by atomic mass is 10.0. The second-order valence-electron chi connectivity index (χ2n) is 15.3. The van der Waals surface area contributed by atoms with E-state index in [0.717, 1.165) is 48.5 Å². The van der Waals surface area contributed by atoms with Crippen LogP contribution in [0.1, 0.15) is 22.8 Å². The van der Waals surface area contributed by atoms with Gasteiger partial charge in [0.2, 0.25) is 0 Å². The molecular weight excluding hydrogens is 1190 g/mol. The Bertz CT molecular complexity index is 3790. The van der Waals surface area contributed by atoms with E-state index in [1.807, 2.05) is 0 Å². The molecule has 3 aromatic heterocycles. The van der Waals surface area contributed by atoms with Crippen LogP contribution in [0.5, 0.6) is 0 Å². The summed E-state index contributed by atoms with van der Waals surface area (Å²) in [4.78, 5) is 13.1. The number of fused-ring (bicyclic) bond motifs is 8. The average Bonchev–Trinajstić information content (AvgIpc) is 4.11. The minimum atomic E-state index is -5.02. The van der Waals surface area contributed by atoms with Crippen molar-refractivity contribution >= 4 is 180 Å². The molecule has 0 saturated carbocycles. The number of H-pyrrole nitrogens is 2. The van der Waals surface area contributed by atoms with Crippen LogP contribution in [-0.2, 0) is 40.5 Å². The van der Waals surface area contributed by atoms with Crippen LogP contribution in [0, 0.1) is 0 Å². The van der Waals surface area contributed by atoms with Crippen LogP contribution >= 0.6 is 92.8 Å². The number of halogens is 8. The normalized spacial score (nSPS) is 13.1.